The maximum atomic E-state index is 12.6. The van der Waals surface area contributed by atoms with Gasteiger partial charge in [0.1, 0.15) is 23.8 Å². The minimum absolute atomic E-state index is 0.247. The molecule has 0 saturated heterocycles. The van der Waals surface area contributed by atoms with E-state index in [0.717, 1.165) is 35.7 Å². The highest BCUT2D eigenvalue weighted by atomic mass is 32.1. The van der Waals surface area contributed by atoms with Crippen LogP contribution >= 0.6 is 11.3 Å². The van der Waals surface area contributed by atoms with Gasteiger partial charge in [0.25, 0.3) is 5.91 Å². The number of benzene rings is 3. The SMILES string of the molecule is COc1cccc(CNCCNc2nc(C(=O)Nc3ccc(OCc4ccccc4)cc3)cs2)c1. The van der Waals surface area contributed by atoms with Crippen molar-refractivity contribution in [3.8, 4) is 11.5 Å². The summed E-state index contributed by atoms with van der Waals surface area (Å²) in [7, 11) is 1.66. The summed E-state index contributed by atoms with van der Waals surface area (Å²) in [6.07, 6.45) is 0. The zero-order valence-corrected chi connectivity index (χ0v) is 20.3. The van der Waals surface area contributed by atoms with Crippen molar-refractivity contribution < 1.29 is 14.3 Å². The molecule has 0 unspecified atom stereocenters. The molecule has 1 amide bonds. The van der Waals surface area contributed by atoms with Crippen molar-refractivity contribution in [1.29, 1.82) is 0 Å². The molecule has 7 nitrogen and oxygen atoms in total. The van der Waals surface area contributed by atoms with Crippen LogP contribution in [0.3, 0.4) is 0 Å². The van der Waals surface area contributed by atoms with Gasteiger partial charge in [-0.15, -0.1) is 11.3 Å². The van der Waals surface area contributed by atoms with E-state index in [4.69, 9.17) is 9.47 Å². The molecule has 35 heavy (non-hydrogen) atoms. The van der Waals surface area contributed by atoms with Crippen LogP contribution in [-0.4, -0.2) is 31.1 Å². The van der Waals surface area contributed by atoms with Crippen molar-refractivity contribution in [3.05, 3.63) is 101 Å². The monoisotopic (exact) mass is 488 g/mol. The molecular weight excluding hydrogens is 460 g/mol. The highest BCUT2D eigenvalue weighted by Gasteiger charge is 2.11. The van der Waals surface area contributed by atoms with Crippen molar-refractivity contribution in [1.82, 2.24) is 10.3 Å². The number of carbonyl (C=O) groups is 1. The van der Waals surface area contributed by atoms with Crippen molar-refractivity contribution in [2.24, 2.45) is 0 Å². The Balaban J connectivity index is 1.18. The third kappa shape index (κ3) is 7.56. The number of hydrogen-bond acceptors (Lipinski definition) is 7. The second-order valence-electron chi connectivity index (χ2n) is 7.75. The van der Waals surface area contributed by atoms with Gasteiger partial charge in [0.2, 0.25) is 0 Å². The molecule has 0 aliphatic carbocycles. The molecule has 3 aromatic carbocycles. The molecule has 0 atom stereocenters. The standard InChI is InChI=1S/C27H28N4O3S/c1-33-24-9-5-8-21(16-24)17-28-14-15-29-27-31-25(19-35-27)26(32)30-22-10-12-23(13-11-22)34-18-20-6-3-2-4-7-20/h2-13,16,19,28H,14-15,17-18H2,1H3,(H,29,31)(H,30,32). The first kappa shape index (κ1) is 24.3. The molecule has 0 aliphatic rings. The third-order valence-corrected chi connectivity index (χ3v) is 5.94. The average molecular weight is 489 g/mol. The summed E-state index contributed by atoms with van der Waals surface area (Å²) in [5, 5.41) is 12.0. The van der Waals surface area contributed by atoms with Gasteiger partial charge in [0, 0.05) is 30.7 Å². The Morgan fingerprint density at radius 2 is 1.71 bits per heavy atom. The fourth-order valence-corrected chi connectivity index (χ4v) is 4.02. The summed E-state index contributed by atoms with van der Waals surface area (Å²) < 4.78 is 11.0. The van der Waals surface area contributed by atoms with Crippen LogP contribution < -0.4 is 25.4 Å². The summed E-state index contributed by atoms with van der Waals surface area (Å²) >= 11 is 1.41. The van der Waals surface area contributed by atoms with Gasteiger partial charge in [-0.05, 0) is 47.5 Å². The lowest BCUT2D eigenvalue weighted by Gasteiger charge is -2.08. The number of rotatable bonds is 12. The van der Waals surface area contributed by atoms with Crippen LogP contribution in [0, 0.1) is 0 Å². The fourth-order valence-electron chi connectivity index (χ4n) is 3.30. The van der Waals surface area contributed by atoms with E-state index >= 15 is 0 Å². The maximum Gasteiger partial charge on any atom is 0.275 e. The molecular formula is C27H28N4O3S. The average Bonchev–Trinajstić information content (AvgIpc) is 3.38. The second kappa shape index (κ2) is 12.5. The molecule has 1 aromatic heterocycles. The highest BCUT2D eigenvalue weighted by Crippen LogP contribution is 2.20. The molecule has 8 heteroatoms. The lowest BCUT2D eigenvalue weighted by molar-refractivity contribution is 0.102. The number of aromatic nitrogens is 1. The number of nitrogens with one attached hydrogen (secondary N) is 3. The molecule has 1 heterocycles. The number of methoxy groups -OCH3 is 1. The fraction of sp³-hybridized carbons (Fsp3) is 0.185. The Bertz CT molecular complexity index is 1210. The zero-order chi connectivity index (χ0) is 24.3. The molecule has 3 N–H and O–H groups in total. The van der Waals surface area contributed by atoms with Gasteiger partial charge in [-0.3, -0.25) is 4.79 Å². The van der Waals surface area contributed by atoms with Crippen LogP contribution in [0.15, 0.2) is 84.2 Å². The Morgan fingerprint density at radius 3 is 2.51 bits per heavy atom. The van der Waals surface area contributed by atoms with Crippen LogP contribution in [-0.2, 0) is 13.2 Å². The molecule has 4 rings (SSSR count). The smallest absolute Gasteiger partial charge is 0.275 e. The van der Waals surface area contributed by atoms with E-state index < -0.39 is 0 Å². The summed E-state index contributed by atoms with van der Waals surface area (Å²) in [5.74, 6) is 1.35. The zero-order valence-electron chi connectivity index (χ0n) is 19.5. The molecule has 0 spiro atoms. The van der Waals surface area contributed by atoms with E-state index in [0.29, 0.717) is 29.7 Å². The van der Waals surface area contributed by atoms with Crippen molar-refractivity contribution in [2.45, 2.75) is 13.2 Å². The van der Waals surface area contributed by atoms with Gasteiger partial charge in [-0.2, -0.15) is 0 Å². The van der Waals surface area contributed by atoms with Gasteiger partial charge >= 0.3 is 0 Å². The quantitative estimate of drug-likeness (QED) is 0.238. The molecule has 4 aromatic rings. The molecule has 180 valence electrons. The van der Waals surface area contributed by atoms with E-state index in [1.54, 1.807) is 12.5 Å². The summed E-state index contributed by atoms with van der Waals surface area (Å²) in [4.78, 5) is 17.0. The largest absolute Gasteiger partial charge is 0.497 e. The van der Waals surface area contributed by atoms with E-state index in [9.17, 15) is 4.79 Å². The Morgan fingerprint density at radius 1 is 0.914 bits per heavy atom. The first-order valence-electron chi connectivity index (χ1n) is 11.3. The Kier molecular flexibility index (Phi) is 8.69. The van der Waals surface area contributed by atoms with Crippen molar-refractivity contribution >= 4 is 28.1 Å². The number of thiazole rings is 1. The summed E-state index contributed by atoms with van der Waals surface area (Å²) in [6.45, 7) is 2.71. The predicted molar refractivity (Wildman–Crippen MR) is 140 cm³/mol. The topological polar surface area (TPSA) is 84.5 Å². The number of amides is 1. The Hall–Kier alpha value is -3.88. The first-order valence-corrected chi connectivity index (χ1v) is 12.2. The van der Waals surface area contributed by atoms with E-state index in [2.05, 4.69) is 27.0 Å². The van der Waals surface area contributed by atoms with Gasteiger partial charge in [-0.25, -0.2) is 4.98 Å². The molecule has 0 aliphatic heterocycles. The van der Waals surface area contributed by atoms with E-state index in [-0.39, 0.29) is 5.91 Å². The molecule has 0 saturated carbocycles. The van der Waals surface area contributed by atoms with E-state index in [1.165, 1.54) is 11.3 Å². The van der Waals surface area contributed by atoms with E-state index in [1.807, 2.05) is 72.8 Å². The molecule has 0 bridgehead atoms. The Labute approximate surface area is 209 Å². The maximum absolute atomic E-state index is 12.6. The predicted octanol–water partition coefficient (Wildman–Crippen LogP) is 5.18. The first-order chi connectivity index (χ1) is 17.2. The van der Waals surface area contributed by atoms with Gasteiger partial charge in [0.15, 0.2) is 5.13 Å². The summed E-state index contributed by atoms with van der Waals surface area (Å²) in [5.41, 5.74) is 3.33. The second-order valence-corrected chi connectivity index (χ2v) is 8.60. The highest BCUT2D eigenvalue weighted by molar-refractivity contribution is 7.13. The minimum Gasteiger partial charge on any atom is -0.497 e. The lowest BCUT2D eigenvalue weighted by Crippen LogP contribution is -2.21. The number of carbonyl (C=O) groups excluding carboxylic acids is 1. The molecule has 0 fully saturated rings. The van der Waals surface area contributed by atoms with Crippen LogP contribution in [0.2, 0.25) is 0 Å². The third-order valence-electron chi connectivity index (χ3n) is 5.14. The van der Waals surface area contributed by atoms with Crippen LogP contribution in [0.5, 0.6) is 11.5 Å². The van der Waals surface area contributed by atoms with Crippen LogP contribution in [0.4, 0.5) is 10.8 Å². The molecule has 0 radical (unpaired) electrons. The van der Waals surface area contributed by atoms with Crippen molar-refractivity contribution in [3.63, 3.8) is 0 Å². The van der Waals surface area contributed by atoms with Crippen LogP contribution in [0.1, 0.15) is 21.6 Å². The minimum atomic E-state index is -0.247. The van der Waals surface area contributed by atoms with Gasteiger partial charge in [-0.1, -0.05) is 42.5 Å². The van der Waals surface area contributed by atoms with Gasteiger partial charge in [0.05, 0.1) is 7.11 Å². The van der Waals surface area contributed by atoms with Gasteiger partial charge < -0.3 is 25.4 Å². The lowest BCUT2D eigenvalue weighted by atomic mass is 10.2. The number of ether oxygens (including phenoxy) is 2. The number of hydrogen-bond donors (Lipinski definition) is 3. The number of anilines is 2. The normalized spacial score (nSPS) is 10.5. The number of nitrogens with zero attached hydrogens (tertiary/aromatic N) is 1. The summed E-state index contributed by atoms with van der Waals surface area (Å²) in [6, 6.07) is 25.3. The van der Waals surface area contributed by atoms with Crippen molar-refractivity contribution in [2.75, 3.05) is 30.8 Å². The van der Waals surface area contributed by atoms with Crippen LogP contribution in [0.25, 0.3) is 0 Å².